The number of fused-ring (bicyclic) bond motifs is 1. The first kappa shape index (κ1) is 31.7. The van der Waals surface area contributed by atoms with Gasteiger partial charge in [-0.15, -0.1) is 0 Å². The Balaban J connectivity index is 1.88. The van der Waals surface area contributed by atoms with Gasteiger partial charge in [-0.25, -0.2) is 4.90 Å². The van der Waals surface area contributed by atoms with Crippen LogP contribution in [0.5, 0.6) is 5.75 Å². The number of aliphatic hydroxyl groups is 1. The van der Waals surface area contributed by atoms with Crippen LogP contribution in [0.4, 0.5) is 5.69 Å². The molecule has 0 bridgehead atoms. The molecule has 1 saturated heterocycles. The molecule has 0 aromatic heterocycles. The molecule has 224 valence electrons. The highest BCUT2D eigenvalue weighted by atomic mass is 16.5. The topological polar surface area (TPSA) is 124 Å². The van der Waals surface area contributed by atoms with Crippen LogP contribution < -0.4 is 9.64 Å². The summed E-state index contributed by atoms with van der Waals surface area (Å²) in [5, 5.41) is 32.4. The maximum atomic E-state index is 14.8. The van der Waals surface area contributed by atoms with E-state index in [0.717, 1.165) is 0 Å². The van der Waals surface area contributed by atoms with Gasteiger partial charge in [0.1, 0.15) is 11.4 Å². The number of hydrogen-bond acceptors (Lipinski definition) is 7. The van der Waals surface area contributed by atoms with E-state index in [-0.39, 0.29) is 25.9 Å². The lowest BCUT2D eigenvalue weighted by atomic mass is 9.62. The normalized spacial score (nSPS) is 24.6. The Hall–Kier alpha value is -4.24. The van der Waals surface area contributed by atoms with Crippen LogP contribution in [-0.2, 0) is 14.3 Å². The molecule has 3 aromatic rings. The molecule has 0 radical (unpaired) electrons. The van der Waals surface area contributed by atoms with Gasteiger partial charge in [0.15, 0.2) is 0 Å². The van der Waals surface area contributed by atoms with E-state index in [2.05, 4.69) is 12.1 Å². The highest BCUT2D eigenvalue weighted by molar-refractivity contribution is 6.21. The highest BCUT2D eigenvalue weighted by Gasteiger charge is 2.59. The molecule has 8 nitrogen and oxygen atoms in total. The SMILES string of the molecule is CCC1(O)C(OC)CC(C)(CCOc2ccc(C#N)cc2)C(=O)N(c2ccc(C#N)c3ccccc23)C(=O)C1C(C)(C)C. The minimum Gasteiger partial charge on any atom is -0.494 e. The van der Waals surface area contributed by atoms with Gasteiger partial charge >= 0.3 is 0 Å². The molecule has 4 unspecified atom stereocenters. The van der Waals surface area contributed by atoms with Crippen LogP contribution in [0.15, 0.2) is 60.7 Å². The number of anilines is 1. The largest absolute Gasteiger partial charge is 0.494 e. The van der Waals surface area contributed by atoms with Crippen molar-refractivity contribution in [2.24, 2.45) is 16.7 Å². The minimum atomic E-state index is -1.58. The van der Waals surface area contributed by atoms with Gasteiger partial charge in [0, 0.05) is 17.9 Å². The van der Waals surface area contributed by atoms with Crippen LogP contribution in [0.1, 0.15) is 65.0 Å². The molecule has 0 aliphatic carbocycles. The number of nitriles is 2. The quantitative estimate of drug-likeness (QED) is 0.332. The second-order valence-electron chi connectivity index (χ2n) is 12.6. The summed E-state index contributed by atoms with van der Waals surface area (Å²) < 4.78 is 11.9. The Morgan fingerprint density at radius 3 is 2.21 bits per heavy atom. The maximum Gasteiger partial charge on any atom is 0.240 e. The fourth-order valence-electron chi connectivity index (χ4n) is 6.44. The van der Waals surface area contributed by atoms with E-state index in [9.17, 15) is 20.0 Å². The molecule has 1 N–H and O–H groups in total. The molecule has 1 fully saturated rings. The van der Waals surface area contributed by atoms with Gasteiger partial charge in [-0.2, -0.15) is 10.5 Å². The standard InChI is InChI=1S/C35H39N3O5/c1-7-35(41)29(42-6)20-34(5,18-19-43-25-15-12-23(21-36)13-16-25)32(40)38(31(39)30(35)33(2,3)4)28-17-14-24(22-37)26-10-8-9-11-27(26)28/h8-17,29-30,41H,7,18-20H2,1-6H3. The van der Waals surface area contributed by atoms with Crippen LogP contribution >= 0.6 is 0 Å². The zero-order chi connectivity index (χ0) is 31.6. The van der Waals surface area contributed by atoms with Crippen molar-refractivity contribution in [2.45, 2.75) is 65.6 Å². The summed E-state index contributed by atoms with van der Waals surface area (Å²) >= 11 is 0. The molecular weight excluding hydrogens is 542 g/mol. The minimum absolute atomic E-state index is 0.147. The monoisotopic (exact) mass is 581 g/mol. The van der Waals surface area contributed by atoms with Crippen LogP contribution in [0.3, 0.4) is 0 Å². The first-order chi connectivity index (χ1) is 20.3. The molecule has 8 heteroatoms. The fraction of sp³-hybridized carbons (Fsp3) is 0.429. The smallest absolute Gasteiger partial charge is 0.240 e. The molecule has 1 aliphatic heterocycles. The third-order valence-corrected chi connectivity index (χ3v) is 8.77. The average molecular weight is 582 g/mol. The summed E-state index contributed by atoms with van der Waals surface area (Å²) in [4.78, 5) is 30.8. The number of benzene rings is 3. The van der Waals surface area contributed by atoms with E-state index in [1.54, 1.807) is 61.5 Å². The number of methoxy groups -OCH3 is 1. The third kappa shape index (κ3) is 5.86. The van der Waals surface area contributed by atoms with Gasteiger partial charge < -0.3 is 14.6 Å². The van der Waals surface area contributed by atoms with Crippen LogP contribution in [0.25, 0.3) is 10.8 Å². The van der Waals surface area contributed by atoms with Crippen molar-refractivity contribution in [2.75, 3.05) is 18.6 Å². The molecule has 4 atom stereocenters. The number of hydrogen-bond donors (Lipinski definition) is 1. The maximum absolute atomic E-state index is 14.8. The number of nitrogens with zero attached hydrogens (tertiary/aromatic N) is 3. The Morgan fingerprint density at radius 1 is 1.00 bits per heavy atom. The summed E-state index contributed by atoms with van der Waals surface area (Å²) in [5.41, 5.74) is -2.18. The van der Waals surface area contributed by atoms with Crippen LogP contribution in [-0.4, -0.2) is 42.3 Å². The van der Waals surface area contributed by atoms with Crippen molar-refractivity contribution >= 4 is 28.3 Å². The summed E-state index contributed by atoms with van der Waals surface area (Å²) in [6.45, 7) is 9.41. The van der Waals surface area contributed by atoms with Gasteiger partial charge in [0.05, 0.1) is 53.0 Å². The van der Waals surface area contributed by atoms with Gasteiger partial charge in [0.2, 0.25) is 11.8 Å². The predicted octanol–water partition coefficient (Wildman–Crippen LogP) is 6.14. The van der Waals surface area contributed by atoms with Crippen molar-refractivity contribution < 1.29 is 24.2 Å². The molecule has 4 rings (SSSR count). The van der Waals surface area contributed by atoms with Crippen molar-refractivity contribution in [3.05, 3.63) is 71.8 Å². The second-order valence-corrected chi connectivity index (χ2v) is 12.6. The van der Waals surface area contributed by atoms with Crippen LogP contribution in [0.2, 0.25) is 0 Å². The molecule has 1 heterocycles. The first-order valence-corrected chi connectivity index (χ1v) is 14.5. The summed E-state index contributed by atoms with van der Waals surface area (Å²) in [7, 11) is 1.50. The molecular formula is C35H39N3O5. The van der Waals surface area contributed by atoms with Crippen molar-refractivity contribution in [3.8, 4) is 17.9 Å². The number of amides is 2. The van der Waals surface area contributed by atoms with E-state index in [1.165, 1.54) is 12.0 Å². The van der Waals surface area contributed by atoms with Gasteiger partial charge in [-0.3, -0.25) is 9.59 Å². The van der Waals surface area contributed by atoms with Crippen molar-refractivity contribution in [3.63, 3.8) is 0 Å². The Kier molecular flexibility index (Phi) is 8.97. The second kappa shape index (κ2) is 12.2. The summed E-state index contributed by atoms with van der Waals surface area (Å²) in [5.74, 6) is -1.37. The molecule has 1 aliphatic rings. The van der Waals surface area contributed by atoms with Gasteiger partial charge in [-0.05, 0) is 61.1 Å². The third-order valence-electron chi connectivity index (χ3n) is 8.77. The zero-order valence-corrected chi connectivity index (χ0v) is 25.7. The number of rotatable bonds is 7. The zero-order valence-electron chi connectivity index (χ0n) is 25.7. The highest BCUT2D eigenvalue weighted by Crippen LogP contribution is 2.48. The van der Waals surface area contributed by atoms with E-state index in [1.807, 2.05) is 33.8 Å². The molecule has 43 heavy (non-hydrogen) atoms. The van der Waals surface area contributed by atoms with Crippen molar-refractivity contribution in [1.82, 2.24) is 0 Å². The van der Waals surface area contributed by atoms with Gasteiger partial charge in [-0.1, -0.05) is 58.9 Å². The van der Waals surface area contributed by atoms with E-state index in [4.69, 9.17) is 14.7 Å². The first-order valence-electron chi connectivity index (χ1n) is 14.5. The van der Waals surface area contributed by atoms with Crippen LogP contribution in [0, 0.1) is 39.4 Å². The van der Waals surface area contributed by atoms with E-state index >= 15 is 0 Å². The summed E-state index contributed by atoms with van der Waals surface area (Å²) in [6.07, 6.45) is -0.209. The lowest BCUT2D eigenvalue weighted by Crippen LogP contribution is -2.65. The predicted molar refractivity (Wildman–Crippen MR) is 164 cm³/mol. The number of carbonyl (C=O) groups excluding carboxylic acids is 2. The van der Waals surface area contributed by atoms with Crippen molar-refractivity contribution in [1.29, 1.82) is 10.5 Å². The molecule has 3 aromatic carbocycles. The summed E-state index contributed by atoms with van der Waals surface area (Å²) in [6, 6.07) is 21.5. The number of ether oxygens (including phenoxy) is 2. The Morgan fingerprint density at radius 2 is 1.65 bits per heavy atom. The number of imide groups is 1. The lowest BCUT2D eigenvalue weighted by molar-refractivity contribution is -0.181. The Labute approximate surface area is 253 Å². The molecule has 2 amide bonds. The lowest BCUT2D eigenvalue weighted by Gasteiger charge is -2.51. The fourth-order valence-corrected chi connectivity index (χ4v) is 6.44. The Bertz CT molecular complexity index is 1600. The van der Waals surface area contributed by atoms with E-state index < -0.39 is 40.3 Å². The van der Waals surface area contributed by atoms with Gasteiger partial charge in [0.25, 0.3) is 0 Å². The number of carbonyl (C=O) groups is 2. The molecule has 0 spiro atoms. The molecule has 0 saturated carbocycles. The van der Waals surface area contributed by atoms with E-state index in [0.29, 0.717) is 33.3 Å². The average Bonchev–Trinajstić information content (AvgIpc) is 2.99.